The van der Waals surface area contributed by atoms with Crippen LogP contribution in [0, 0.1) is 17.0 Å². The normalized spacial score (nSPS) is 11.9. The van der Waals surface area contributed by atoms with Crippen molar-refractivity contribution in [3.8, 4) is 11.5 Å². The first-order chi connectivity index (χ1) is 9.50. The first kappa shape index (κ1) is 14.0. The summed E-state index contributed by atoms with van der Waals surface area (Å²) in [5, 5.41) is 20.8. The maximum Gasteiger partial charge on any atom is 0.314 e. The van der Waals surface area contributed by atoms with E-state index in [-0.39, 0.29) is 11.4 Å². The fourth-order valence-electron chi connectivity index (χ4n) is 1.99. The van der Waals surface area contributed by atoms with Crippen LogP contribution < -0.4 is 4.74 Å². The van der Waals surface area contributed by atoms with Crippen molar-refractivity contribution in [3.05, 3.63) is 63.7 Å². The molecule has 20 heavy (non-hydrogen) atoms. The lowest BCUT2D eigenvalue weighted by molar-refractivity contribution is -0.386. The van der Waals surface area contributed by atoms with Crippen LogP contribution in [0.4, 0.5) is 5.69 Å². The summed E-state index contributed by atoms with van der Waals surface area (Å²) in [6, 6.07) is 11.8. The van der Waals surface area contributed by atoms with E-state index in [0.29, 0.717) is 16.9 Å². The van der Waals surface area contributed by atoms with Crippen molar-refractivity contribution in [2.45, 2.75) is 20.0 Å². The van der Waals surface area contributed by atoms with Gasteiger partial charge in [-0.1, -0.05) is 30.3 Å². The second kappa shape index (κ2) is 5.71. The standard InChI is InChI=1S/C15H15NO4/c1-10-6-5-9-14(15(10)16(18)19)20-13-8-4-3-7-12(13)11(2)17/h3-9,11,17H,1-2H3/t11-/m1/s1. The molecule has 0 saturated carbocycles. The number of para-hydroxylation sites is 2. The van der Waals surface area contributed by atoms with Crippen LogP contribution in [-0.4, -0.2) is 10.0 Å². The lowest BCUT2D eigenvalue weighted by Crippen LogP contribution is -1.99. The molecule has 104 valence electrons. The minimum absolute atomic E-state index is 0.0621. The maximum absolute atomic E-state index is 11.1. The van der Waals surface area contributed by atoms with Crippen LogP contribution in [0.25, 0.3) is 0 Å². The zero-order valence-corrected chi connectivity index (χ0v) is 11.2. The summed E-state index contributed by atoms with van der Waals surface area (Å²) in [6.07, 6.45) is -0.713. The van der Waals surface area contributed by atoms with Gasteiger partial charge in [0.15, 0.2) is 0 Å². The molecule has 5 heteroatoms. The molecule has 2 rings (SSSR count). The number of hydrogen-bond donors (Lipinski definition) is 1. The minimum atomic E-state index is -0.713. The van der Waals surface area contributed by atoms with Gasteiger partial charge in [-0.05, 0) is 26.0 Å². The first-order valence-corrected chi connectivity index (χ1v) is 6.19. The van der Waals surface area contributed by atoms with Gasteiger partial charge in [0.25, 0.3) is 0 Å². The van der Waals surface area contributed by atoms with Gasteiger partial charge < -0.3 is 9.84 Å². The molecule has 0 radical (unpaired) electrons. The van der Waals surface area contributed by atoms with Gasteiger partial charge in [0.2, 0.25) is 5.75 Å². The molecule has 0 heterocycles. The number of nitro groups is 1. The second-order valence-electron chi connectivity index (χ2n) is 4.49. The van der Waals surface area contributed by atoms with Crippen molar-refractivity contribution < 1.29 is 14.8 Å². The van der Waals surface area contributed by atoms with E-state index in [1.807, 2.05) is 0 Å². The quantitative estimate of drug-likeness (QED) is 0.680. The molecular weight excluding hydrogens is 258 g/mol. The van der Waals surface area contributed by atoms with Gasteiger partial charge in [0.05, 0.1) is 11.0 Å². The Bertz CT molecular complexity index is 638. The molecule has 5 nitrogen and oxygen atoms in total. The van der Waals surface area contributed by atoms with Gasteiger partial charge in [-0.25, -0.2) is 0 Å². The third kappa shape index (κ3) is 2.78. The van der Waals surface area contributed by atoms with E-state index in [2.05, 4.69) is 0 Å². The molecule has 1 N–H and O–H groups in total. The van der Waals surface area contributed by atoms with Gasteiger partial charge in [0, 0.05) is 11.1 Å². The number of benzene rings is 2. The van der Waals surface area contributed by atoms with Crippen LogP contribution in [0.1, 0.15) is 24.2 Å². The van der Waals surface area contributed by atoms with Crippen molar-refractivity contribution in [3.63, 3.8) is 0 Å². The number of aryl methyl sites for hydroxylation is 1. The SMILES string of the molecule is Cc1cccc(Oc2ccccc2[C@@H](C)O)c1[N+](=O)[O-]. The van der Waals surface area contributed by atoms with Gasteiger partial charge in [0.1, 0.15) is 5.75 Å². The van der Waals surface area contributed by atoms with Crippen LogP contribution in [0.5, 0.6) is 11.5 Å². The van der Waals surface area contributed by atoms with Crippen molar-refractivity contribution in [2.24, 2.45) is 0 Å². The number of ether oxygens (including phenoxy) is 1. The Hall–Kier alpha value is -2.40. The lowest BCUT2D eigenvalue weighted by atomic mass is 10.1. The summed E-state index contributed by atoms with van der Waals surface area (Å²) < 4.78 is 5.64. The summed E-state index contributed by atoms with van der Waals surface area (Å²) >= 11 is 0. The highest BCUT2D eigenvalue weighted by atomic mass is 16.6. The van der Waals surface area contributed by atoms with E-state index in [1.165, 1.54) is 0 Å². The molecule has 0 bridgehead atoms. The Morgan fingerprint density at radius 1 is 1.15 bits per heavy atom. The predicted molar refractivity (Wildman–Crippen MR) is 75.0 cm³/mol. The molecular formula is C15H15NO4. The molecule has 2 aromatic carbocycles. The topological polar surface area (TPSA) is 72.6 Å². The van der Waals surface area contributed by atoms with Gasteiger partial charge in [-0.2, -0.15) is 0 Å². The fourth-order valence-corrected chi connectivity index (χ4v) is 1.99. The smallest absolute Gasteiger partial charge is 0.314 e. The number of aliphatic hydroxyl groups excluding tert-OH is 1. The average molecular weight is 273 g/mol. The van der Waals surface area contributed by atoms with E-state index >= 15 is 0 Å². The summed E-state index contributed by atoms with van der Waals surface area (Å²) in [5.74, 6) is 0.583. The lowest BCUT2D eigenvalue weighted by Gasteiger charge is -2.13. The Labute approximate surface area is 116 Å². The van der Waals surface area contributed by atoms with E-state index in [0.717, 1.165) is 0 Å². The Morgan fingerprint density at radius 3 is 2.45 bits per heavy atom. The highest BCUT2D eigenvalue weighted by Gasteiger charge is 2.20. The molecule has 0 saturated heterocycles. The molecule has 0 aliphatic carbocycles. The van der Waals surface area contributed by atoms with Crippen LogP contribution in [0.15, 0.2) is 42.5 Å². The van der Waals surface area contributed by atoms with Crippen LogP contribution in [0.3, 0.4) is 0 Å². The van der Waals surface area contributed by atoms with E-state index in [9.17, 15) is 15.2 Å². The molecule has 0 unspecified atom stereocenters. The van der Waals surface area contributed by atoms with Gasteiger partial charge in [-0.3, -0.25) is 10.1 Å². The zero-order chi connectivity index (χ0) is 14.7. The maximum atomic E-state index is 11.1. The monoisotopic (exact) mass is 273 g/mol. The molecule has 0 aliphatic rings. The number of hydrogen-bond acceptors (Lipinski definition) is 4. The van der Waals surface area contributed by atoms with Crippen molar-refractivity contribution >= 4 is 5.69 Å². The summed E-state index contributed by atoms with van der Waals surface area (Å²) in [5.41, 5.74) is 1.05. The molecule has 0 aromatic heterocycles. The number of aliphatic hydroxyl groups is 1. The van der Waals surface area contributed by atoms with Crippen molar-refractivity contribution in [1.29, 1.82) is 0 Å². The van der Waals surface area contributed by atoms with Gasteiger partial charge in [-0.15, -0.1) is 0 Å². The summed E-state index contributed by atoms with van der Waals surface area (Å²) in [4.78, 5) is 10.7. The molecule has 0 amide bonds. The predicted octanol–water partition coefficient (Wildman–Crippen LogP) is 3.75. The second-order valence-corrected chi connectivity index (χ2v) is 4.49. The van der Waals surface area contributed by atoms with E-state index in [4.69, 9.17) is 4.74 Å². The largest absolute Gasteiger partial charge is 0.450 e. The Balaban J connectivity index is 2.46. The zero-order valence-electron chi connectivity index (χ0n) is 11.2. The Morgan fingerprint density at radius 2 is 1.80 bits per heavy atom. The van der Waals surface area contributed by atoms with E-state index < -0.39 is 11.0 Å². The third-order valence-electron chi connectivity index (χ3n) is 2.97. The highest BCUT2D eigenvalue weighted by molar-refractivity contribution is 5.54. The van der Waals surface area contributed by atoms with Crippen LogP contribution in [-0.2, 0) is 0 Å². The summed E-state index contributed by atoms with van der Waals surface area (Å²) in [7, 11) is 0. The van der Waals surface area contributed by atoms with Crippen molar-refractivity contribution in [2.75, 3.05) is 0 Å². The number of rotatable bonds is 4. The van der Waals surface area contributed by atoms with E-state index in [1.54, 1.807) is 56.3 Å². The molecule has 0 aliphatic heterocycles. The minimum Gasteiger partial charge on any atom is -0.450 e. The third-order valence-corrected chi connectivity index (χ3v) is 2.97. The van der Waals surface area contributed by atoms with Crippen LogP contribution >= 0.6 is 0 Å². The molecule has 0 fully saturated rings. The Kier molecular flexibility index (Phi) is 4.00. The highest BCUT2D eigenvalue weighted by Crippen LogP contribution is 2.36. The van der Waals surface area contributed by atoms with Crippen molar-refractivity contribution in [1.82, 2.24) is 0 Å². The van der Waals surface area contributed by atoms with Crippen LogP contribution in [0.2, 0.25) is 0 Å². The van der Waals surface area contributed by atoms with Gasteiger partial charge >= 0.3 is 5.69 Å². The average Bonchev–Trinajstić information content (AvgIpc) is 2.38. The number of nitro benzene ring substituents is 1. The fraction of sp³-hybridized carbons (Fsp3) is 0.200. The summed E-state index contributed by atoms with van der Waals surface area (Å²) in [6.45, 7) is 3.28. The first-order valence-electron chi connectivity index (χ1n) is 6.19. The molecule has 1 atom stereocenters. The molecule has 0 spiro atoms. The number of nitrogens with zero attached hydrogens (tertiary/aromatic N) is 1. The molecule has 2 aromatic rings.